The summed E-state index contributed by atoms with van der Waals surface area (Å²) in [5.74, 6) is 0. The first kappa shape index (κ1) is 15.3. The number of nitrogens with one attached hydrogen (secondary N) is 2. The van der Waals surface area contributed by atoms with Gasteiger partial charge in [-0.1, -0.05) is 12.8 Å². The first-order chi connectivity index (χ1) is 10.8. The molecule has 22 heavy (non-hydrogen) atoms. The Morgan fingerprint density at radius 3 is 2.91 bits per heavy atom. The third-order valence-corrected chi connectivity index (χ3v) is 4.98. The number of likely N-dealkylation sites (tertiary alicyclic amines) is 1. The molecule has 2 N–H and O–H groups in total. The Balaban J connectivity index is 1.66. The van der Waals surface area contributed by atoms with Gasteiger partial charge in [0.05, 0.1) is 24.4 Å². The fourth-order valence-corrected chi connectivity index (χ4v) is 3.75. The van der Waals surface area contributed by atoms with Crippen molar-refractivity contribution < 1.29 is 9.53 Å². The van der Waals surface area contributed by atoms with Gasteiger partial charge in [0, 0.05) is 25.4 Å². The van der Waals surface area contributed by atoms with Gasteiger partial charge in [-0.15, -0.1) is 0 Å². The molecule has 2 heterocycles. The van der Waals surface area contributed by atoms with Crippen molar-refractivity contribution in [2.75, 3.05) is 13.7 Å². The first-order valence-corrected chi connectivity index (χ1v) is 8.38. The van der Waals surface area contributed by atoms with Gasteiger partial charge in [0.1, 0.15) is 0 Å². The number of ether oxygens (including phenoxy) is 1. The standard InChI is InChI=1S/C16H26N4O2/c1-22-15-8-3-2-6-13(15)19-16(21)20-9-5-4-7-14(20)12-10-17-18-11-12/h10-11,13-15H,2-9H2,1H3,(H,17,18)(H,19,21)/t13-,14-,15+/m0/s1. The van der Waals surface area contributed by atoms with Gasteiger partial charge < -0.3 is 15.0 Å². The summed E-state index contributed by atoms with van der Waals surface area (Å²) < 4.78 is 5.54. The van der Waals surface area contributed by atoms with Crippen molar-refractivity contribution in [2.45, 2.75) is 63.1 Å². The summed E-state index contributed by atoms with van der Waals surface area (Å²) in [6.07, 6.45) is 11.5. The molecule has 0 spiro atoms. The van der Waals surface area contributed by atoms with Crippen molar-refractivity contribution in [1.29, 1.82) is 0 Å². The predicted octanol–water partition coefficient (Wildman–Crippen LogP) is 2.60. The summed E-state index contributed by atoms with van der Waals surface area (Å²) in [4.78, 5) is 14.7. The number of carbonyl (C=O) groups is 1. The maximum absolute atomic E-state index is 12.8. The molecule has 2 fully saturated rings. The van der Waals surface area contributed by atoms with Gasteiger partial charge in [0.2, 0.25) is 0 Å². The maximum Gasteiger partial charge on any atom is 0.318 e. The van der Waals surface area contributed by atoms with Gasteiger partial charge in [-0.3, -0.25) is 5.10 Å². The van der Waals surface area contributed by atoms with Crippen molar-refractivity contribution in [1.82, 2.24) is 20.4 Å². The Morgan fingerprint density at radius 1 is 1.32 bits per heavy atom. The van der Waals surface area contributed by atoms with E-state index in [9.17, 15) is 4.79 Å². The first-order valence-electron chi connectivity index (χ1n) is 8.38. The third kappa shape index (κ3) is 3.27. The molecule has 1 aromatic rings. The van der Waals surface area contributed by atoms with Gasteiger partial charge in [-0.2, -0.15) is 5.10 Å². The lowest BCUT2D eigenvalue weighted by atomic mass is 9.92. The summed E-state index contributed by atoms with van der Waals surface area (Å²) in [5.41, 5.74) is 1.10. The molecule has 0 radical (unpaired) electrons. The number of nitrogens with zero attached hydrogens (tertiary/aromatic N) is 2. The molecule has 1 aromatic heterocycles. The minimum absolute atomic E-state index is 0.0415. The van der Waals surface area contributed by atoms with E-state index in [4.69, 9.17) is 4.74 Å². The van der Waals surface area contributed by atoms with Crippen LogP contribution in [-0.2, 0) is 4.74 Å². The molecule has 0 unspecified atom stereocenters. The van der Waals surface area contributed by atoms with Crippen LogP contribution in [-0.4, -0.2) is 46.9 Å². The largest absolute Gasteiger partial charge is 0.379 e. The molecule has 3 atom stereocenters. The normalized spacial score (nSPS) is 29.3. The molecule has 1 saturated heterocycles. The molecule has 1 aliphatic heterocycles. The lowest BCUT2D eigenvalue weighted by Crippen LogP contribution is -2.52. The van der Waals surface area contributed by atoms with Gasteiger partial charge in [0.25, 0.3) is 0 Å². The van der Waals surface area contributed by atoms with E-state index in [-0.39, 0.29) is 24.2 Å². The van der Waals surface area contributed by atoms with Crippen LogP contribution >= 0.6 is 0 Å². The number of aromatic amines is 1. The zero-order chi connectivity index (χ0) is 15.4. The van der Waals surface area contributed by atoms with Crippen LogP contribution in [0.4, 0.5) is 4.79 Å². The summed E-state index contributed by atoms with van der Waals surface area (Å²) in [5, 5.41) is 10.1. The third-order valence-electron chi connectivity index (χ3n) is 4.98. The molecule has 2 aliphatic rings. The second kappa shape index (κ2) is 7.13. The van der Waals surface area contributed by atoms with E-state index in [0.717, 1.165) is 50.6 Å². The van der Waals surface area contributed by atoms with E-state index in [0.29, 0.717) is 0 Å². The Bertz CT molecular complexity index is 477. The summed E-state index contributed by atoms with van der Waals surface area (Å²) in [6.45, 7) is 0.812. The Hall–Kier alpha value is -1.56. The fraction of sp³-hybridized carbons (Fsp3) is 0.750. The molecule has 122 valence electrons. The smallest absolute Gasteiger partial charge is 0.318 e. The van der Waals surface area contributed by atoms with E-state index in [2.05, 4.69) is 15.5 Å². The van der Waals surface area contributed by atoms with Crippen LogP contribution in [0.5, 0.6) is 0 Å². The number of aromatic nitrogens is 2. The molecular formula is C16H26N4O2. The van der Waals surface area contributed by atoms with Gasteiger partial charge in [0.15, 0.2) is 0 Å². The van der Waals surface area contributed by atoms with Crippen molar-refractivity contribution in [3.05, 3.63) is 18.0 Å². The Labute approximate surface area is 131 Å². The minimum atomic E-state index is 0.0415. The molecule has 0 bridgehead atoms. The van der Waals surface area contributed by atoms with Crippen LogP contribution in [0.25, 0.3) is 0 Å². The summed E-state index contributed by atoms with van der Waals surface area (Å²) in [6, 6.07) is 0.315. The molecular weight excluding hydrogens is 280 g/mol. The van der Waals surface area contributed by atoms with Crippen molar-refractivity contribution in [3.8, 4) is 0 Å². The maximum atomic E-state index is 12.8. The lowest BCUT2D eigenvalue weighted by Gasteiger charge is -2.38. The number of amides is 2. The lowest BCUT2D eigenvalue weighted by molar-refractivity contribution is 0.0412. The monoisotopic (exact) mass is 306 g/mol. The SMILES string of the molecule is CO[C@@H]1CCCC[C@@H]1NC(=O)N1CCCC[C@H]1c1cn[nH]c1. The second-order valence-electron chi connectivity index (χ2n) is 6.35. The van der Waals surface area contributed by atoms with Crippen molar-refractivity contribution in [2.24, 2.45) is 0 Å². The second-order valence-corrected chi connectivity index (χ2v) is 6.35. The zero-order valence-corrected chi connectivity index (χ0v) is 13.3. The number of hydrogen-bond acceptors (Lipinski definition) is 3. The number of rotatable bonds is 3. The Morgan fingerprint density at radius 2 is 2.14 bits per heavy atom. The topological polar surface area (TPSA) is 70.2 Å². The highest BCUT2D eigenvalue weighted by Gasteiger charge is 2.32. The van der Waals surface area contributed by atoms with Gasteiger partial charge in [-0.05, 0) is 32.1 Å². The van der Waals surface area contributed by atoms with Crippen LogP contribution in [0.2, 0.25) is 0 Å². The molecule has 0 aromatic carbocycles. The molecule has 1 aliphatic carbocycles. The highest BCUT2D eigenvalue weighted by Crippen LogP contribution is 2.30. The minimum Gasteiger partial charge on any atom is -0.379 e. The van der Waals surface area contributed by atoms with Gasteiger partial charge in [-0.25, -0.2) is 4.79 Å². The average Bonchev–Trinajstić information content (AvgIpc) is 3.09. The molecule has 1 saturated carbocycles. The van der Waals surface area contributed by atoms with Crippen LogP contribution in [0, 0.1) is 0 Å². The zero-order valence-electron chi connectivity index (χ0n) is 13.3. The molecule has 6 nitrogen and oxygen atoms in total. The number of piperidine rings is 1. The average molecular weight is 306 g/mol. The number of carbonyl (C=O) groups excluding carboxylic acids is 1. The quantitative estimate of drug-likeness (QED) is 0.902. The predicted molar refractivity (Wildman–Crippen MR) is 83.5 cm³/mol. The number of urea groups is 1. The number of hydrogen-bond donors (Lipinski definition) is 2. The van der Waals surface area contributed by atoms with Crippen molar-refractivity contribution >= 4 is 6.03 Å². The molecule has 2 amide bonds. The van der Waals surface area contributed by atoms with Crippen molar-refractivity contribution in [3.63, 3.8) is 0 Å². The Kier molecular flexibility index (Phi) is 4.97. The van der Waals surface area contributed by atoms with Crippen LogP contribution in [0.3, 0.4) is 0 Å². The highest BCUT2D eigenvalue weighted by molar-refractivity contribution is 5.75. The van der Waals surface area contributed by atoms with Crippen LogP contribution in [0.15, 0.2) is 12.4 Å². The van der Waals surface area contributed by atoms with E-state index in [1.54, 1.807) is 7.11 Å². The van der Waals surface area contributed by atoms with E-state index in [1.165, 1.54) is 6.42 Å². The highest BCUT2D eigenvalue weighted by atomic mass is 16.5. The van der Waals surface area contributed by atoms with E-state index in [1.807, 2.05) is 17.3 Å². The molecule has 6 heteroatoms. The number of methoxy groups -OCH3 is 1. The van der Waals surface area contributed by atoms with Gasteiger partial charge >= 0.3 is 6.03 Å². The molecule has 3 rings (SSSR count). The van der Waals surface area contributed by atoms with Crippen LogP contribution < -0.4 is 5.32 Å². The number of H-pyrrole nitrogens is 1. The fourth-order valence-electron chi connectivity index (χ4n) is 3.75. The van der Waals surface area contributed by atoms with E-state index >= 15 is 0 Å². The van der Waals surface area contributed by atoms with Crippen LogP contribution in [0.1, 0.15) is 56.6 Å². The summed E-state index contributed by atoms with van der Waals surface area (Å²) in [7, 11) is 1.74. The van der Waals surface area contributed by atoms with E-state index < -0.39 is 0 Å². The summed E-state index contributed by atoms with van der Waals surface area (Å²) >= 11 is 0.